The number of ketones is 1. The Labute approximate surface area is 125 Å². The lowest BCUT2D eigenvalue weighted by atomic mass is 9.86. The standard InChI is InChI=1S/C15H14N2O5/c16-11-3-1-7(5-9(11)14(19)20)13(18)8-2-4-12(17)10(6-8)15(21)22/h1-5,8H,6,16-17H2,(H,19,20)(H,21,22)/p+1. The molecule has 0 heterocycles. The molecule has 7 N–H and O–H groups in total. The van der Waals surface area contributed by atoms with Gasteiger partial charge < -0.3 is 21.7 Å². The second kappa shape index (κ2) is 5.72. The Morgan fingerprint density at radius 2 is 1.91 bits per heavy atom. The summed E-state index contributed by atoms with van der Waals surface area (Å²) in [6.07, 6.45) is 2.99. The number of carboxylic acids is 1. The SMILES string of the molecule is NC1=C(C(=O)[OH2+])CC(C(=O)c2ccc(N)c(C(=O)O)c2)C=C1. The van der Waals surface area contributed by atoms with E-state index in [2.05, 4.69) is 0 Å². The molecule has 1 unspecified atom stereocenters. The summed E-state index contributed by atoms with van der Waals surface area (Å²) in [5.74, 6) is -3.17. The number of rotatable bonds is 4. The van der Waals surface area contributed by atoms with Crippen molar-refractivity contribution in [2.24, 2.45) is 11.7 Å². The number of nitrogens with two attached hydrogens (primary N) is 2. The minimum Gasteiger partial charge on any atom is -0.561 e. The number of carbonyl (C=O) groups is 3. The van der Waals surface area contributed by atoms with E-state index in [4.69, 9.17) is 21.7 Å². The van der Waals surface area contributed by atoms with Crippen LogP contribution in [-0.4, -0.2) is 27.9 Å². The number of aromatic carboxylic acids is 1. The Bertz CT molecular complexity index is 733. The normalized spacial score (nSPS) is 17.4. The summed E-state index contributed by atoms with van der Waals surface area (Å²) >= 11 is 0. The van der Waals surface area contributed by atoms with Gasteiger partial charge in [-0.2, -0.15) is 0 Å². The zero-order valence-electron chi connectivity index (χ0n) is 11.5. The number of benzene rings is 1. The fourth-order valence-electron chi connectivity index (χ4n) is 2.24. The number of hydrogen-bond donors (Lipinski definition) is 3. The molecule has 7 nitrogen and oxygen atoms in total. The van der Waals surface area contributed by atoms with Crippen LogP contribution in [0.4, 0.5) is 5.69 Å². The number of hydrogen-bond acceptors (Lipinski definition) is 5. The predicted molar refractivity (Wildman–Crippen MR) is 79.2 cm³/mol. The summed E-state index contributed by atoms with van der Waals surface area (Å²) in [5.41, 5.74) is 11.5. The Balaban J connectivity index is 2.31. The second-order valence-electron chi connectivity index (χ2n) is 4.90. The summed E-state index contributed by atoms with van der Waals surface area (Å²) in [6.45, 7) is 0. The van der Waals surface area contributed by atoms with Crippen molar-refractivity contribution in [3.05, 3.63) is 52.7 Å². The molecule has 0 spiro atoms. The van der Waals surface area contributed by atoms with Crippen molar-refractivity contribution in [3.8, 4) is 0 Å². The molecule has 1 aliphatic rings. The average Bonchev–Trinajstić information content (AvgIpc) is 2.47. The summed E-state index contributed by atoms with van der Waals surface area (Å²) < 4.78 is 0. The highest BCUT2D eigenvalue weighted by atomic mass is 16.4. The maximum Gasteiger partial charge on any atom is 0.547 e. The smallest absolute Gasteiger partial charge is 0.547 e. The molecule has 0 fully saturated rings. The Morgan fingerprint density at radius 3 is 2.50 bits per heavy atom. The average molecular weight is 303 g/mol. The fraction of sp³-hybridized carbons (Fsp3) is 0.133. The lowest BCUT2D eigenvalue weighted by Gasteiger charge is -2.16. The van der Waals surface area contributed by atoms with E-state index in [1.165, 1.54) is 24.3 Å². The van der Waals surface area contributed by atoms with Crippen molar-refractivity contribution in [2.75, 3.05) is 5.73 Å². The third-order valence-electron chi connectivity index (χ3n) is 3.46. The molecule has 1 aromatic rings. The summed E-state index contributed by atoms with van der Waals surface area (Å²) in [5, 5.41) is 16.2. The minimum atomic E-state index is -1.22. The van der Waals surface area contributed by atoms with Gasteiger partial charge in [-0.3, -0.25) is 4.79 Å². The summed E-state index contributed by atoms with van der Waals surface area (Å²) in [6, 6.07) is 3.99. The highest BCUT2D eigenvalue weighted by Crippen LogP contribution is 2.26. The highest BCUT2D eigenvalue weighted by molar-refractivity contribution is 6.04. The molecular formula is C15H15N2O5+. The van der Waals surface area contributed by atoms with Gasteiger partial charge in [0.15, 0.2) is 5.78 Å². The zero-order valence-corrected chi connectivity index (χ0v) is 11.5. The molecule has 2 rings (SSSR count). The fourth-order valence-corrected chi connectivity index (χ4v) is 2.24. The molecule has 1 aromatic carbocycles. The van der Waals surface area contributed by atoms with E-state index in [1.807, 2.05) is 0 Å². The molecule has 0 radical (unpaired) electrons. The molecule has 0 saturated carbocycles. The van der Waals surface area contributed by atoms with Crippen LogP contribution in [-0.2, 0) is 4.79 Å². The molecule has 1 aliphatic carbocycles. The van der Waals surface area contributed by atoms with E-state index in [0.717, 1.165) is 0 Å². The first-order valence-corrected chi connectivity index (χ1v) is 6.41. The van der Waals surface area contributed by atoms with Crippen molar-refractivity contribution in [1.82, 2.24) is 0 Å². The third-order valence-corrected chi connectivity index (χ3v) is 3.46. The van der Waals surface area contributed by atoms with Crippen LogP contribution in [0.5, 0.6) is 0 Å². The van der Waals surface area contributed by atoms with Gasteiger partial charge in [-0.05, 0) is 24.3 Å². The van der Waals surface area contributed by atoms with Crippen LogP contribution < -0.4 is 11.5 Å². The molecular weight excluding hydrogens is 288 g/mol. The highest BCUT2D eigenvalue weighted by Gasteiger charge is 2.30. The molecule has 0 amide bonds. The van der Waals surface area contributed by atoms with Gasteiger partial charge in [0.2, 0.25) is 0 Å². The summed E-state index contributed by atoms with van der Waals surface area (Å²) in [4.78, 5) is 34.7. The van der Waals surface area contributed by atoms with E-state index in [-0.39, 0.29) is 40.3 Å². The van der Waals surface area contributed by atoms with Gasteiger partial charge in [-0.25, -0.2) is 4.79 Å². The predicted octanol–water partition coefficient (Wildman–Crippen LogP) is 0.190. The molecule has 22 heavy (non-hydrogen) atoms. The van der Waals surface area contributed by atoms with Crippen molar-refractivity contribution in [3.63, 3.8) is 0 Å². The van der Waals surface area contributed by atoms with Gasteiger partial charge in [-0.15, -0.1) is 0 Å². The monoisotopic (exact) mass is 303 g/mol. The Kier molecular flexibility index (Phi) is 3.98. The van der Waals surface area contributed by atoms with Crippen molar-refractivity contribution in [1.29, 1.82) is 0 Å². The minimum absolute atomic E-state index is 0.0241. The maximum atomic E-state index is 12.4. The zero-order chi connectivity index (χ0) is 16.4. The lowest BCUT2D eigenvalue weighted by molar-refractivity contribution is -0.132. The molecule has 114 valence electrons. The van der Waals surface area contributed by atoms with E-state index >= 15 is 0 Å². The van der Waals surface area contributed by atoms with Gasteiger partial charge in [0.05, 0.1) is 5.56 Å². The van der Waals surface area contributed by atoms with E-state index < -0.39 is 17.9 Å². The first kappa shape index (κ1) is 15.3. The van der Waals surface area contributed by atoms with Gasteiger partial charge in [-0.1, -0.05) is 6.08 Å². The Hall–Kier alpha value is -3.09. The molecule has 7 heteroatoms. The van der Waals surface area contributed by atoms with Gasteiger partial charge in [0, 0.05) is 34.1 Å². The van der Waals surface area contributed by atoms with Crippen LogP contribution in [0.25, 0.3) is 0 Å². The van der Waals surface area contributed by atoms with Gasteiger partial charge in [0.25, 0.3) is 0 Å². The first-order valence-electron chi connectivity index (χ1n) is 6.41. The first-order chi connectivity index (χ1) is 10.3. The number of carboxylic acid groups (broad SMARTS) is 1. The molecule has 0 aliphatic heterocycles. The van der Waals surface area contributed by atoms with Crippen LogP contribution in [0.1, 0.15) is 27.1 Å². The van der Waals surface area contributed by atoms with Crippen LogP contribution in [0.2, 0.25) is 0 Å². The molecule has 0 saturated heterocycles. The maximum absolute atomic E-state index is 12.4. The van der Waals surface area contributed by atoms with E-state index in [1.54, 1.807) is 6.08 Å². The number of allylic oxidation sites excluding steroid dienone is 2. The third kappa shape index (κ3) is 2.83. The van der Waals surface area contributed by atoms with E-state index in [9.17, 15) is 14.4 Å². The number of nitrogen functional groups attached to an aromatic ring is 1. The molecule has 0 aromatic heterocycles. The van der Waals surface area contributed by atoms with Crippen molar-refractivity contribution in [2.45, 2.75) is 6.42 Å². The topological polar surface area (TPSA) is 146 Å². The summed E-state index contributed by atoms with van der Waals surface area (Å²) in [7, 11) is 0. The number of anilines is 1. The quantitative estimate of drug-likeness (QED) is 0.411. The van der Waals surface area contributed by atoms with Crippen molar-refractivity contribution < 1.29 is 24.6 Å². The van der Waals surface area contributed by atoms with Crippen LogP contribution in [0.3, 0.4) is 0 Å². The Morgan fingerprint density at radius 1 is 1.23 bits per heavy atom. The van der Waals surface area contributed by atoms with E-state index in [0.29, 0.717) is 0 Å². The van der Waals surface area contributed by atoms with Crippen molar-refractivity contribution >= 4 is 23.4 Å². The van der Waals surface area contributed by atoms with Gasteiger partial charge in [0.1, 0.15) is 5.57 Å². The molecule has 0 bridgehead atoms. The van der Waals surface area contributed by atoms with Crippen LogP contribution >= 0.6 is 0 Å². The number of carbonyl (C=O) groups excluding carboxylic acids is 2. The largest absolute Gasteiger partial charge is 0.561 e. The van der Waals surface area contributed by atoms with Crippen LogP contribution in [0, 0.1) is 5.92 Å². The van der Waals surface area contributed by atoms with Gasteiger partial charge >= 0.3 is 11.9 Å². The lowest BCUT2D eigenvalue weighted by Crippen LogP contribution is -2.22. The second-order valence-corrected chi connectivity index (χ2v) is 4.90. The molecule has 1 atom stereocenters. The van der Waals surface area contributed by atoms with Crippen LogP contribution in [0.15, 0.2) is 41.6 Å². The number of Topliss-reactive ketones (excluding diaryl/α,β-unsaturated/α-hetero) is 1.